The first-order valence-electron chi connectivity index (χ1n) is 6.74. The number of hydrogen-bond donors (Lipinski definition) is 2. The first kappa shape index (κ1) is 19.3. The van der Waals surface area contributed by atoms with Crippen molar-refractivity contribution in [3.8, 4) is 5.75 Å². The molecule has 0 bridgehead atoms. The number of nitrogens with zero attached hydrogens (tertiary/aromatic N) is 1. The summed E-state index contributed by atoms with van der Waals surface area (Å²) in [6, 6.07) is 12.2. The van der Waals surface area contributed by atoms with Crippen molar-refractivity contribution in [3.63, 3.8) is 0 Å². The summed E-state index contributed by atoms with van der Waals surface area (Å²) in [5.41, 5.74) is -0.779. The molecule has 0 aliphatic carbocycles. The van der Waals surface area contributed by atoms with E-state index in [1.807, 2.05) is 0 Å². The van der Waals surface area contributed by atoms with Crippen molar-refractivity contribution in [2.45, 2.75) is 0 Å². The lowest BCUT2D eigenvalue weighted by molar-refractivity contribution is -0.136. The summed E-state index contributed by atoms with van der Waals surface area (Å²) in [6.45, 7) is -0.603. The number of hydrogen-bond acceptors (Lipinski definition) is 6. The number of benzene rings is 2. The minimum Gasteiger partial charge on any atom is -0.482 e. The van der Waals surface area contributed by atoms with Crippen LogP contribution in [0.15, 0.2) is 53.7 Å². The van der Waals surface area contributed by atoms with Crippen LogP contribution in [0, 0.1) is 0 Å². The third-order valence-corrected chi connectivity index (χ3v) is 4.94. The van der Waals surface area contributed by atoms with Crippen LogP contribution in [0.4, 0.5) is 0 Å². The SMILES string of the molecule is O=C(COc1ccccc1)OP(=O)(O)C(=NO)c1ccc(Cl)c(Cl)c1. The van der Waals surface area contributed by atoms with Gasteiger partial charge in [-0.2, -0.15) is 0 Å². The Morgan fingerprint density at radius 2 is 1.80 bits per heavy atom. The molecule has 0 fully saturated rings. The van der Waals surface area contributed by atoms with Crippen LogP contribution in [0.1, 0.15) is 5.56 Å². The summed E-state index contributed by atoms with van der Waals surface area (Å²) in [6.07, 6.45) is 0. The number of carbonyl (C=O) groups is 1. The molecule has 1 atom stereocenters. The molecule has 2 aromatic carbocycles. The van der Waals surface area contributed by atoms with E-state index < -0.39 is 25.6 Å². The molecule has 0 heterocycles. The number of rotatable bonds is 6. The third-order valence-electron chi connectivity index (χ3n) is 2.87. The van der Waals surface area contributed by atoms with Gasteiger partial charge in [-0.25, -0.2) is 9.36 Å². The largest absolute Gasteiger partial charge is 0.482 e. The maximum Gasteiger partial charge on any atom is 0.432 e. The van der Waals surface area contributed by atoms with Crippen LogP contribution in [0.2, 0.25) is 10.0 Å². The zero-order valence-corrected chi connectivity index (χ0v) is 14.9. The van der Waals surface area contributed by atoms with Crippen LogP contribution in [0.3, 0.4) is 0 Å². The molecule has 7 nitrogen and oxygen atoms in total. The summed E-state index contributed by atoms with van der Waals surface area (Å²) >= 11 is 11.6. The standard InChI is InChI=1S/C15H12Cl2NO6P/c16-12-7-6-10(8-13(12)17)15(18-20)25(21,22)24-14(19)9-23-11-4-2-1-3-5-11/h1-8,20H,9H2,(H,21,22). The minimum atomic E-state index is -4.77. The number of oxime groups is 1. The Kier molecular flexibility index (Phi) is 6.45. The highest BCUT2D eigenvalue weighted by atomic mass is 35.5. The van der Waals surface area contributed by atoms with Crippen LogP contribution in [-0.4, -0.2) is 28.1 Å². The van der Waals surface area contributed by atoms with Crippen LogP contribution in [-0.2, 0) is 13.9 Å². The lowest BCUT2D eigenvalue weighted by Gasteiger charge is -2.14. The quantitative estimate of drug-likeness (QED) is 0.327. The summed E-state index contributed by atoms with van der Waals surface area (Å²) in [5, 5.41) is 12.1. The van der Waals surface area contributed by atoms with Crippen LogP contribution < -0.4 is 4.74 Å². The predicted octanol–water partition coefficient (Wildman–Crippen LogP) is 3.94. The van der Waals surface area contributed by atoms with E-state index in [0.29, 0.717) is 5.75 Å². The molecule has 0 radical (unpaired) electrons. The van der Waals surface area contributed by atoms with Crippen molar-refractivity contribution in [3.05, 3.63) is 64.1 Å². The second-order valence-corrected chi connectivity index (χ2v) is 7.10. The highest BCUT2D eigenvalue weighted by Crippen LogP contribution is 2.46. The van der Waals surface area contributed by atoms with E-state index >= 15 is 0 Å². The molecule has 2 N–H and O–H groups in total. The molecule has 0 amide bonds. The van der Waals surface area contributed by atoms with Crippen LogP contribution >= 0.6 is 30.8 Å². The number of ether oxygens (including phenoxy) is 1. The Hall–Kier alpha value is -2.05. The molecule has 0 aliphatic heterocycles. The fourth-order valence-corrected chi connectivity index (χ4v) is 3.07. The van der Waals surface area contributed by atoms with Gasteiger partial charge in [0.15, 0.2) is 6.61 Å². The predicted molar refractivity (Wildman–Crippen MR) is 92.6 cm³/mol. The molecule has 0 saturated carbocycles. The zero-order valence-electron chi connectivity index (χ0n) is 12.5. The highest BCUT2D eigenvalue weighted by Gasteiger charge is 2.34. The second kappa shape index (κ2) is 8.36. The van der Waals surface area contributed by atoms with E-state index in [1.54, 1.807) is 30.3 Å². The average Bonchev–Trinajstić information content (AvgIpc) is 2.57. The van der Waals surface area contributed by atoms with Gasteiger partial charge in [-0.3, -0.25) is 0 Å². The van der Waals surface area contributed by atoms with Gasteiger partial charge >= 0.3 is 13.6 Å². The Balaban J connectivity index is 2.09. The molecule has 2 aromatic rings. The van der Waals surface area contributed by atoms with Gasteiger partial charge in [0, 0.05) is 5.56 Å². The van der Waals surface area contributed by atoms with Crippen molar-refractivity contribution in [2.24, 2.45) is 5.16 Å². The monoisotopic (exact) mass is 403 g/mol. The maximum absolute atomic E-state index is 12.3. The lowest BCUT2D eigenvalue weighted by Crippen LogP contribution is -2.16. The first-order valence-corrected chi connectivity index (χ1v) is 9.08. The Morgan fingerprint density at radius 3 is 2.40 bits per heavy atom. The smallest absolute Gasteiger partial charge is 0.432 e. The van der Waals surface area contributed by atoms with Crippen molar-refractivity contribution in [1.82, 2.24) is 0 Å². The van der Waals surface area contributed by atoms with Gasteiger partial charge in [0.25, 0.3) is 0 Å². The lowest BCUT2D eigenvalue weighted by atomic mass is 10.2. The maximum atomic E-state index is 12.3. The van der Waals surface area contributed by atoms with Crippen molar-refractivity contribution in [1.29, 1.82) is 0 Å². The van der Waals surface area contributed by atoms with Crippen LogP contribution in [0.25, 0.3) is 0 Å². The van der Waals surface area contributed by atoms with Crippen LogP contribution in [0.5, 0.6) is 5.75 Å². The fourth-order valence-electron chi connectivity index (χ4n) is 1.78. The molecular formula is C15H12Cl2NO6P. The van der Waals surface area contributed by atoms with E-state index in [4.69, 9.17) is 33.1 Å². The molecule has 2 rings (SSSR count). The Bertz CT molecular complexity index is 843. The zero-order chi connectivity index (χ0) is 18.4. The van der Waals surface area contributed by atoms with Crippen molar-refractivity contribution in [2.75, 3.05) is 6.61 Å². The molecule has 1 unspecified atom stereocenters. The van der Waals surface area contributed by atoms with Gasteiger partial charge in [0.1, 0.15) is 5.75 Å². The first-order chi connectivity index (χ1) is 11.8. The van der Waals surface area contributed by atoms with Gasteiger partial charge in [0.2, 0.25) is 5.45 Å². The van der Waals surface area contributed by atoms with Gasteiger partial charge in [-0.05, 0) is 24.3 Å². The summed E-state index contributed by atoms with van der Waals surface area (Å²) < 4.78 is 21.9. The molecule has 10 heteroatoms. The van der Waals surface area contributed by atoms with E-state index in [-0.39, 0.29) is 15.6 Å². The van der Waals surface area contributed by atoms with Crippen molar-refractivity contribution >= 4 is 42.2 Å². The van der Waals surface area contributed by atoms with E-state index in [9.17, 15) is 14.3 Å². The average molecular weight is 404 g/mol. The minimum absolute atomic E-state index is 0.0282. The van der Waals surface area contributed by atoms with E-state index in [1.165, 1.54) is 18.2 Å². The van der Waals surface area contributed by atoms with Gasteiger partial charge < -0.3 is 19.4 Å². The van der Waals surface area contributed by atoms with E-state index in [0.717, 1.165) is 0 Å². The summed E-state index contributed by atoms with van der Waals surface area (Å²) in [7, 11) is -4.77. The molecule has 0 spiro atoms. The van der Waals surface area contributed by atoms with Gasteiger partial charge in [-0.1, -0.05) is 52.6 Å². The fraction of sp³-hybridized carbons (Fsp3) is 0.0667. The van der Waals surface area contributed by atoms with Gasteiger partial charge in [-0.15, -0.1) is 0 Å². The Morgan fingerprint density at radius 1 is 1.12 bits per heavy atom. The summed E-state index contributed by atoms with van der Waals surface area (Å²) in [4.78, 5) is 21.7. The number of carbonyl (C=O) groups excluding carboxylic acids is 1. The molecule has 0 aromatic heterocycles. The third kappa shape index (κ3) is 5.21. The van der Waals surface area contributed by atoms with Crippen molar-refractivity contribution < 1.29 is 28.7 Å². The Labute approximate surface area is 152 Å². The normalized spacial score (nSPS) is 13.8. The molecule has 0 aliphatic rings. The second-order valence-electron chi connectivity index (χ2n) is 4.64. The number of halogens is 2. The van der Waals surface area contributed by atoms with Gasteiger partial charge in [0.05, 0.1) is 10.0 Å². The summed E-state index contributed by atoms with van der Waals surface area (Å²) in [5.74, 6) is -0.733. The van der Waals surface area contributed by atoms with E-state index in [2.05, 4.69) is 9.68 Å². The molecule has 132 valence electrons. The number of para-hydroxylation sites is 1. The molecular weight excluding hydrogens is 392 g/mol. The molecule has 0 saturated heterocycles. The topological polar surface area (TPSA) is 105 Å². The highest BCUT2D eigenvalue weighted by molar-refractivity contribution is 7.72. The molecule has 25 heavy (non-hydrogen) atoms.